The predicted molar refractivity (Wildman–Crippen MR) is 131 cm³/mol. The van der Waals surface area contributed by atoms with E-state index in [1.165, 1.54) is 0 Å². The minimum atomic E-state index is -1.50. The molecule has 0 rings (SSSR count). The highest BCUT2D eigenvalue weighted by molar-refractivity contribution is 5.96. The van der Waals surface area contributed by atoms with Gasteiger partial charge in [0.05, 0.1) is 12.5 Å². The number of nitrogens with zero attached hydrogens (tertiary/aromatic N) is 1. The monoisotopic (exact) mass is 530 g/mol. The van der Waals surface area contributed by atoms with Crippen molar-refractivity contribution >= 4 is 41.5 Å². The Morgan fingerprint density at radius 1 is 0.811 bits per heavy atom. The minimum Gasteiger partial charge on any atom is -0.481 e. The highest BCUT2D eigenvalue weighted by Crippen LogP contribution is 2.08. The summed E-state index contributed by atoms with van der Waals surface area (Å²) in [6.07, 6.45) is -0.867. The SMILES string of the molecule is CC(C)CC(NC(=O)C(CC(N)=O)NC(=O)C(N)CCC(=O)O)C(=O)NC(CCCN=C(N)N)C(=O)O. The fraction of sp³-hybridized carbons (Fsp3) is 0.667. The molecule has 4 atom stereocenters. The standard InChI is InChI=1S/C21H38N8O8/c1-10(2)8-13(18(34)27-12(20(36)37)4-3-7-26-21(24)25)29-19(35)14(9-15(23)30)28-17(33)11(22)5-6-16(31)32/h10-14H,3-9,22H2,1-2H3,(H2,23,30)(H,27,34)(H,28,33)(H,29,35)(H,31,32)(H,36,37)(H4,24,25,26). The van der Waals surface area contributed by atoms with Crippen LogP contribution < -0.4 is 38.9 Å². The first kappa shape index (κ1) is 33.0. The molecule has 0 bridgehead atoms. The van der Waals surface area contributed by atoms with E-state index < -0.39 is 72.6 Å². The van der Waals surface area contributed by atoms with Crippen LogP contribution in [0.2, 0.25) is 0 Å². The second kappa shape index (κ2) is 16.7. The first-order chi connectivity index (χ1) is 17.1. The van der Waals surface area contributed by atoms with Crippen LogP contribution in [0.25, 0.3) is 0 Å². The van der Waals surface area contributed by atoms with E-state index in [0.717, 1.165) is 0 Å². The number of carbonyl (C=O) groups is 6. The Kier molecular flexibility index (Phi) is 14.9. The van der Waals surface area contributed by atoms with Gasteiger partial charge in [-0.05, 0) is 31.6 Å². The van der Waals surface area contributed by atoms with Gasteiger partial charge < -0.3 is 49.1 Å². The lowest BCUT2D eigenvalue weighted by atomic mass is 10.0. The maximum Gasteiger partial charge on any atom is 0.326 e. The molecule has 16 nitrogen and oxygen atoms in total. The van der Waals surface area contributed by atoms with Gasteiger partial charge in [0.25, 0.3) is 0 Å². The molecule has 4 amide bonds. The summed E-state index contributed by atoms with van der Waals surface area (Å²) < 4.78 is 0. The van der Waals surface area contributed by atoms with Crippen LogP contribution in [0, 0.1) is 5.92 Å². The molecule has 16 heteroatoms. The average Bonchev–Trinajstić information content (AvgIpc) is 2.77. The van der Waals surface area contributed by atoms with Crippen LogP contribution in [0.15, 0.2) is 4.99 Å². The lowest BCUT2D eigenvalue weighted by Gasteiger charge is -2.25. The zero-order valence-corrected chi connectivity index (χ0v) is 20.9. The van der Waals surface area contributed by atoms with Crippen LogP contribution in [0.5, 0.6) is 0 Å². The number of carbonyl (C=O) groups excluding carboxylic acids is 4. The molecular weight excluding hydrogens is 492 g/mol. The van der Waals surface area contributed by atoms with Crippen molar-refractivity contribution in [2.24, 2.45) is 33.8 Å². The molecular formula is C21H38N8O8. The summed E-state index contributed by atoms with van der Waals surface area (Å²) in [5, 5.41) is 25.2. The van der Waals surface area contributed by atoms with Crippen molar-refractivity contribution in [2.75, 3.05) is 6.54 Å². The van der Waals surface area contributed by atoms with Crippen molar-refractivity contribution < 1.29 is 39.0 Å². The minimum absolute atomic E-state index is 0.00872. The number of nitrogens with one attached hydrogen (secondary N) is 3. The molecule has 0 radical (unpaired) electrons. The molecule has 0 fully saturated rings. The Bertz CT molecular complexity index is 859. The first-order valence-electron chi connectivity index (χ1n) is 11.6. The maximum atomic E-state index is 12.9. The van der Waals surface area contributed by atoms with Gasteiger partial charge in [-0.1, -0.05) is 13.8 Å². The Hall–Kier alpha value is -3.95. The van der Waals surface area contributed by atoms with Crippen molar-refractivity contribution in [3.63, 3.8) is 0 Å². The van der Waals surface area contributed by atoms with Gasteiger partial charge in [0.2, 0.25) is 23.6 Å². The van der Waals surface area contributed by atoms with E-state index in [0.29, 0.717) is 0 Å². The summed E-state index contributed by atoms with van der Waals surface area (Å²) in [6, 6.07) is -5.27. The third kappa shape index (κ3) is 14.9. The first-order valence-corrected chi connectivity index (χ1v) is 11.6. The summed E-state index contributed by atoms with van der Waals surface area (Å²) in [5.41, 5.74) is 21.3. The van der Waals surface area contributed by atoms with Crippen LogP contribution in [0.3, 0.4) is 0 Å². The molecule has 0 heterocycles. The van der Waals surface area contributed by atoms with E-state index >= 15 is 0 Å². The fourth-order valence-corrected chi connectivity index (χ4v) is 3.11. The van der Waals surface area contributed by atoms with Gasteiger partial charge in [0.1, 0.15) is 18.1 Å². The largest absolute Gasteiger partial charge is 0.481 e. The topological polar surface area (TPSA) is 295 Å². The lowest BCUT2D eigenvalue weighted by Crippen LogP contribution is -2.58. The van der Waals surface area contributed by atoms with E-state index in [9.17, 15) is 33.9 Å². The molecule has 0 aliphatic rings. The quantitative estimate of drug-likeness (QED) is 0.0480. The second-order valence-corrected chi connectivity index (χ2v) is 8.81. The van der Waals surface area contributed by atoms with Gasteiger partial charge in [-0.15, -0.1) is 0 Å². The van der Waals surface area contributed by atoms with Gasteiger partial charge in [0.15, 0.2) is 5.96 Å². The molecule has 210 valence electrons. The number of hydrogen-bond donors (Lipinski definition) is 9. The summed E-state index contributed by atoms with van der Waals surface area (Å²) in [6.45, 7) is 3.68. The molecule has 0 saturated carbocycles. The number of nitrogens with two attached hydrogens (primary N) is 4. The number of hydrogen-bond acceptors (Lipinski definition) is 8. The van der Waals surface area contributed by atoms with Crippen LogP contribution in [-0.4, -0.2) is 82.5 Å². The third-order valence-electron chi connectivity index (χ3n) is 4.94. The van der Waals surface area contributed by atoms with Crippen LogP contribution >= 0.6 is 0 Å². The number of aliphatic carboxylic acids is 2. The third-order valence-corrected chi connectivity index (χ3v) is 4.94. The fourth-order valence-electron chi connectivity index (χ4n) is 3.11. The highest BCUT2D eigenvalue weighted by atomic mass is 16.4. The molecule has 0 aromatic rings. The molecule has 0 aromatic carbocycles. The normalized spacial score (nSPS) is 13.9. The van der Waals surface area contributed by atoms with Crippen molar-refractivity contribution in [1.29, 1.82) is 0 Å². The van der Waals surface area contributed by atoms with E-state index in [4.69, 9.17) is 28.0 Å². The van der Waals surface area contributed by atoms with E-state index in [1.807, 2.05) is 0 Å². The molecule has 13 N–H and O–H groups in total. The van der Waals surface area contributed by atoms with Crippen LogP contribution in [0.1, 0.15) is 52.4 Å². The molecule has 0 saturated heterocycles. The number of aliphatic imine (C=N–C) groups is 1. The summed E-state index contributed by atoms with van der Waals surface area (Å²) in [4.78, 5) is 75.6. The van der Waals surface area contributed by atoms with Gasteiger partial charge >= 0.3 is 11.9 Å². The molecule has 0 aromatic heterocycles. The smallest absolute Gasteiger partial charge is 0.326 e. The molecule has 37 heavy (non-hydrogen) atoms. The van der Waals surface area contributed by atoms with Gasteiger partial charge in [-0.25, -0.2) is 4.79 Å². The maximum absolute atomic E-state index is 12.9. The molecule has 4 unspecified atom stereocenters. The van der Waals surface area contributed by atoms with Gasteiger partial charge in [-0.3, -0.25) is 29.0 Å². The lowest BCUT2D eigenvalue weighted by molar-refractivity contribution is -0.142. The van der Waals surface area contributed by atoms with Crippen LogP contribution in [0.4, 0.5) is 0 Å². The van der Waals surface area contributed by atoms with E-state index in [1.54, 1.807) is 13.8 Å². The zero-order valence-electron chi connectivity index (χ0n) is 20.9. The predicted octanol–water partition coefficient (Wildman–Crippen LogP) is -3.31. The van der Waals surface area contributed by atoms with E-state index in [2.05, 4.69) is 20.9 Å². The molecule has 0 aliphatic carbocycles. The average molecular weight is 531 g/mol. The zero-order chi connectivity index (χ0) is 28.7. The Balaban J connectivity index is 5.48. The van der Waals surface area contributed by atoms with Crippen molar-refractivity contribution in [3.8, 4) is 0 Å². The number of guanidine groups is 1. The Morgan fingerprint density at radius 2 is 1.35 bits per heavy atom. The number of carboxylic acids is 2. The number of rotatable bonds is 18. The molecule has 0 aliphatic heterocycles. The van der Waals surface area contributed by atoms with Crippen molar-refractivity contribution in [3.05, 3.63) is 0 Å². The van der Waals surface area contributed by atoms with E-state index in [-0.39, 0.29) is 44.1 Å². The van der Waals surface area contributed by atoms with Gasteiger partial charge in [0, 0.05) is 13.0 Å². The summed E-state index contributed by atoms with van der Waals surface area (Å²) in [7, 11) is 0. The number of primary amides is 1. The molecule has 0 spiro atoms. The number of amides is 4. The number of carboxylic acid groups (broad SMARTS) is 2. The Morgan fingerprint density at radius 3 is 1.84 bits per heavy atom. The Labute approximate surface area is 214 Å². The highest BCUT2D eigenvalue weighted by Gasteiger charge is 2.31. The summed E-state index contributed by atoms with van der Waals surface area (Å²) >= 11 is 0. The van der Waals surface area contributed by atoms with Crippen molar-refractivity contribution in [1.82, 2.24) is 16.0 Å². The summed E-state index contributed by atoms with van der Waals surface area (Å²) in [5.74, 6) is -6.30. The van der Waals surface area contributed by atoms with Crippen LogP contribution in [-0.2, 0) is 28.8 Å². The van der Waals surface area contributed by atoms with Gasteiger partial charge in [-0.2, -0.15) is 0 Å². The van der Waals surface area contributed by atoms with Crippen molar-refractivity contribution in [2.45, 2.75) is 76.5 Å². The second-order valence-electron chi connectivity index (χ2n) is 8.81.